The summed E-state index contributed by atoms with van der Waals surface area (Å²) in [6, 6.07) is 0. The zero-order valence-electron chi connectivity index (χ0n) is 11.0. The van der Waals surface area contributed by atoms with Crippen LogP contribution in [-0.2, 0) is 4.74 Å². The predicted octanol–water partition coefficient (Wildman–Crippen LogP) is 0.248. The van der Waals surface area contributed by atoms with E-state index in [2.05, 4.69) is 36.0 Å². The summed E-state index contributed by atoms with van der Waals surface area (Å²) in [5, 5.41) is 3.37. The van der Waals surface area contributed by atoms with Gasteiger partial charge in [0.2, 0.25) is 0 Å². The van der Waals surface area contributed by atoms with E-state index in [1.165, 1.54) is 0 Å². The van der Waals surface area contributed by atoms with Crippen LogP contribution in [0.2, 0.25) is 0 Å². The van der Waals surface area contributed by atoms with Crippen molar-refractivity contribution in [3.63, 3.8) is 0 Å². The smallest absolute Gasteiger partial charge is 0.0829 e. The van der Waals surface area contributed by atoms with Gasteiger partial charge < -0.3 is 15.0 Å². The van der Waals surface area contributed by atoms with Crippen molar-refractivity contribution in [1.29, 1.82) is 0 Å². The Bertz CT molecular complexity index is 178. The Balaban J connectivity index is 2.20. The van der Waals surface area contributed by atoms with E-state index in [9.17, 15) is 0 Å². The minimum Gasteiger partial charge on any atom is -0.374 e. The van der Waals surface area contributed by atoms with Gasteiger partial charge in [0, 0.05) is 32.7 Å². The number of hydrogen-bond acceptors (Lipinski definition) is 4. The molecule has 0 aromatic carbocycles. The number of morpholine rings is 1. The Morgan fingerprint density at radius 2 is 2.25 bits per heavy atom. The normalized spacial score (nSPS) is 22.9. The Labute approximate surface area is 99.9 Å². The molecule has 0 saturated carbocycles. The zero-order chi connectivity index (χ0) is 11.8. The quantitative estimate of drug-likeness (QED) is 0.633. The molecular formula is C12H27N3O. The van der Waals surface area contributed by atoms with Gasteiger partial charge in [0.25, 0.3) is 0 Å². The van der Waals surface area contributed by atoms with E-state index in [4.69, 9.17) is 4.74 Å². The van der Waals surface area contributed by atoms with Crippen LogP contribution in [0.1, 0.15) is 13.8 Å². The third-order valence-corrected chi connectivity index (χ3v) is 3.11. The second-order valence-corrected chi connectivity index (χ2v) is 4.50. The van der Waals surface area contributed by atoms with E-state index in [0.29, 0.717) is 6.10 Å². The van der Waals surface area contributed by atoms with Crippen LogP contribution < -0.4 is 5.32 Å². The van der Waals surface area contributed by atoms with Gasteiger partial charge in [-0.3, -0.25) is 4.90 Å². The van der Waals surface area contributed by atoms with Crippen molar-refractivity contribution < 1.29 is 4.74 Å². The molecule has 1 saturated heterocycles. The first-order valence-electron chi connectivity index (χ1n) is 6.49. The summed E-state index contributed by atoms with van der Waals surface area (Å²) >= 11 is 0. The van der Waals surface area contributed by atoms with E-state index >= 15 is 0 Å². The first kappa shape index (κ1) is 13.9. The molecule has 1 N–H and O–H groups in total. The number of nitrogens with zero attached hydrogens (tertiary/aromatic N) is 2. The van der Waals surface area contributed by atoms with Crippen molar-refractivity contribution in [3.8, 4) is 0 Å². The minimum atomic E-state index is 0.389. The fourth-order valence-corrected chi connectivity index (χ4v) is 2.06. The zero-order valence-corrected chi connectivity index (χ0v) is 11.0. The number of hydrogen-bond donors (Lipinski definition) is 1. The maximum absolute atomic E-state index is 5.78. The van der Waals surface area contributed by atoms with Crippen molar-refractivity contribution in [1.82, 2.24) is 15.1 Å². The summed E-state index contributed by atoms with van der Waals surface area (Å²) in [5.41, 5.74) is 0. The summed E-state index contributed by atoms with van der Waals surface area (Å²) in [4.78, 5) is 4.82. The van der Waals surface area contributed by atoms with E-state index in [1.807, 2.05) is 0 Å². The molecule has 1 heterocycles. The molecule has 1 unspecified atom stereocenters. The molecule has 0 bridgehead atoms. The molecule has 1 atom stereocenters. The van der Waals surface area contributed by atoms with E-state index in [1.54, 1.807) is 0 Å². The Morgan fingerprint density at radius 1 is 1.44 bits per heavy atom. The highest BCUT2D eigenvalue weighted by molar-refractivity contribution is 4.73. The highest BCUT2D eigenvalue weighted by Crippen LogP contribution is 2.04. The topological polar surface area (TPSA) is 27.7 Å². The van der Waals surface area contributed by atoms with Crippen molar-refractivity contribution in [2.45, 2.75) is 20.0 Å². The standard InChI is InChI=1S/C12H27N3O/c1-4-13-6-7-15(5-2)11-12-10-14(3)8-9-16-12/h12-13H,4-11H2,1-3H3. The van der Waals surface area contributed by atoms with E-state index < -0.39 is 0 Å². The molecule has 0 amide bonds. The highest BCUT2D eigenvalue weighted by atomic mass is 16.5. The van der Waals surface area contributed by atoms with Crippen molar-refractivity contribution >= 4 is 0 Å². The Hall–Kier alpha value is -0.160. The monoisotopic (exact) mass is 229 g/mol. The van der Waals surface area contributed by atoms with Crippen molar-refractivity contribution in [2.24, 2.45) is 0 Å². The molecule has 0 aromatic rings. The van der Waals surface area contributed by atoms with Gasteiger partial charge in [0.1, 0.15) is 0 Å². The Morgan fingerprint density at radius 3 is 2.88 bits per heavy atom. The number of likely N-dealkylation sites (N-methyl/N-ethyl adjacent to an activating group) is 3. The van der Waals surface area contributed by atoms with Crippen molar-refractivity contribution in [2.75, 3.05) is 59.5 Å². The van der Waals surface area contributed by atoms with Crippen LogP contribution in [0.15, 0.2) is 0 Å². The molecule has 4 heteroatoms. The van der Waals surface area contributed by atoms with Gasteiger partial charge in [0.15, 0.2) is 0 Å². The van der Waals surface area contributed by atoms with Crippen LogP contribution in [-0.4, -0.2) is 75.4 Å². The minimum absolute atomic E-state index is 0.389. The molecule has 1 fully saturated rings. The predicted molar refractivity (Wildman–Crippen MR) is 67.9 cm³/mol. The first-order chi connectivity index (χ1) is 7.76. The van der Waals surface area contributed by atoms with Crippen LogP contribution in [0.4, 0.5) is 0 Å². The van der Waals surface area contributed by atoms with Gasteiger partial charge in [-0.1, -0.05) is 13.8 Å². The first-order valence-corrected chi connectivity index (χ1v) is 6.49. The van der Waals surface area contributed by atoms with Gasteiger partial charge in [-0.15, -0.1) is 0 Å². The maximum atomic E-state index is 5.78. The summed E-state index contributed by atoms with van der Waals surface area (Å²) in [5.74, 6) is 0. The van der Waals surface area contributed by atoms with Crippen LogP contribution in [0.25, 0.3) is 0 Å². The molecule has 16 heavy (non-hydrogen) atoms. The van der Waals surface area contributed by atoms with E-state index in [-0.39, 0.29) is 0 Å². The second kappa shape index (κ2) is 8.01. The molecule has 1 aliphatic rings. The van der Waals surface area contributed by atoms with Gasteiger partial charge >= 0.3 is 0 Å². The molecule has 0 aromatic heterocycles. The molecule has 0 radical (unpaired) electrons. The lowest BCUT2D eigenvalue weighted by Gasteiger charge is -2.33. The van der Waals surface area contributed by atoms with Gasteiger partial charge in [-0.05, 0) is 20.1 Å². The molecular weight excluding hydrogens is 202 g/mol. The fraction of sp³-hybridized carbons (Fsp3) is 1.00. The third-order valence-electron chi connectivity index (χ3n) is 3.11. The van der Waals surface area contributed by atoms with E-state index in [0.717, 1.165) is 52.4 Å². The number of nitrogens with one attached hydrogen (secondary N) is 1. The SMILES string of the molecule is CCNCCN(CC)CC1CN(C)CCO1. The lowest BCUT2D eigenvalue weighted by molar-refractivity contribution is -0.0348. The number of ether oxygens (including phenoxy) is 1. The molecule has 0 spiro atoms. The van der Waals surface area contributed by atoms with Crippen LogP contribution in [0, 0.1) is 0 Å². The average molecular weight is 229 g/mol. The molecule has 4 nitrogen and oxygen atoms in total. The fourth-order valence-electron chi connectivity index (χ4n) is 2.06. The lowest BCUT2D eigenvalue weighted by Crippen LogP contribution is -2.47. The average Bonchev–Trinajstić information content (AvgIpc) is 2.28. The van der Waals surface area contributed by atoms with Gasteiger partial charge in [0.05, 0.1) is 12.7 Å². The van der Waals surface area contributed by atoms with Crippen molar-refractivity contribution in [3.05, 3.63) is 0 Å². The van der Waals surface area contributed by atoms with Gasteiger partial charge in [-0.2, -0.15) is 0 Å². The summed E-state index contributed by atoms with van der Waals surface area (Å²) < 4.78 is 5.78. The van der Waals surface area contributed by atoms with Crippen LogP contribution >= 0.6 is 0 Å². The second-order valence-electron chi connectivity index (χ2n) is 4.50. The summed E-state index contributed by atoms with van der Waals surface area (Å²) in [6.45, 7) is 12.8. The third kappa shape index (κ3) is 5.25. The lowest BCUT2D eigenvalue weighted by atomic mass is 10.2. The molecule has 0 aliphatic carbocycles. The van der Waals surface area contributed by atoms with Crippen LogP contribution in [0.3, 0.4) is 0 Å². The largest absolute Gasteiger partial charge is 0.374 e. The van der Waals surface area contributed by atoms with Gasteiger partial charge in [-0.25, -0.2) is 0 Å². The van der Waals surface area contributed by atoms with Crippen LogP contribution in [0.5, 0.6) is 0 Å². The summed E-state index contributed by atoms with van der Waals surface area (Å²) in [6.07, 6.45) is 0.389. The number of rotatable bonds is 7. The maximum Gasteiger partial charge on any atom is 0.0829 e. The summed E-state index contributed by atoms with van der Waals surface area (Å²) in [7, 11) is 2.17. The molecule has 96 valence electrons. The molecule has 1 aliphatic heterocycles. The molecule has 1 rings (SSSR count). The Kier molecular flexibility index (Phi) is 6.96. The highest BCUT2D eigenvalue weighted by Gasteiger charge is 2.19.